The lowest BCUT2D eigenvalue weighted by atomic mass is 10.1. The van der Waals surface area contributed by atoms with Gasteiger partial charge in [0, 0.05) is 13.0 Å². The third-order valence-electron chi connectivity index (χ3n) is 9.10. The van der Waals surface area contributed by atoms with Gasteiger partial charge in [0.25, 0.3) is 0 Å². The van der Waals surface area contributed by atoms with Crippen molar-refractivity contribution in [2.45, 2.75) is 174 Å². The number of carboxylic acid groups (broad SMARTS) is 1. The maximum absolute atomic E-state index is 12.6. The van der Waals surface area contributed by atoms with E-state index in [0.29, 0.717) is 13.0 Å². The molecule has 0 aromatic carbocycles. The predicted molar refractivity (Wildman–Crippen MR) is 249 cm³/mol. The monoisotopic (exact) mass is 860 g/mol. The van der Waals surface area contributed by atoms with Crippen molar-refractivity contribution in [1.29, 1.82) is 0 Å². The zero-order valence-electron chi connectivity index (χ0n) is 37.3. The van der Waals surface area contributed by atoms with E-state index in [4.69, 9.17) is 29.4 Å². The Kier molecular flexibility index (Phi) is 41.7. The lowest BCUT2D eigenvalue weighted by Gasteiger charge is -2.20. The Morgan fingerprint density at radius 2 is 0.967 bits per heavy atom. The van der Waals surface area contributed by atoms with Gasteiger partial charge in [-0.2, -0.15) is 0 Å². The third kappa shape index (κ3) is 43.0. The molecule has 0 aliphatic carbocycles. The zero-order valence-corrected chi connectivity index (χ0v) is 38.2. The number of hydrogen-bond acceptors (Lipinski definition) is 8. The maximum atomic E-state index is 12.6. The molecule has 0 aromatic rings. The molecule has 3 unspecified atom stereocenters. The summed E-state index contributed by atoms with van der Waals surface area (Å²) in [4.78, 5) is 33.6. The molecule has 4 N–H and O–H groups in total. The zero-order chi connectivity index (χ0) is 44.0. The summed E-state index contributed by atoms with van der Waals surface area (Å²) in [5, 5.41) is 8.90. The number of ether oxygens (including phenoxy) is 2. The van der Waals surface area contributed by atoms with E-state index in [9.17, 15) is 19.0 Å². The van der Waals surface area contributed by atoms with Crippen molar-refractivity contribution >= 4 is 19.8 Å². The fourth-order valence-corrected chi connectivity index (χ4v) is 6.34. The van der Waals surface area contributed by atoms with Gasteiger partial charge in [-0.15, -0.1) is 0 Å². The molecule has 60 heavy (non-hydrogen) atoms. The summed E-state index contributed by atoms with van der Waals surface area (Å²) in [5.41, 5.74) is 5.36. The van der Waals surface area contributed by atoms with E-state index in [0.717, 1.165) is 122 Å². The fourth-order valence-electron chi connectivity index (χ4n) is 5.56. The largest absolute Gasteiger partial charge is 0.480 e. The molecule has 0 aliphatic heterocycles. The number of nitrogens with two attached hydrogens (primary N) is 1. The lowest BCUT2D eigenvalue weighted by molar-refractivity contribution is -0.154. The second kappa shape index (κ2) is 44.0. The number of phosphoric ester groups is 1. The van der Waals surface area contributed by atoms with Crippen molar-refractivity contribution < 1.29 is 42.7 Å². The van der Waals surface area contributed by atoms with E-state index in [2.05, 4.69) is 111 Å². The highest BCUT2D eigenvalue weighted by atomic mass is 31.2. The highest BCUT2D eigenvalue weighted by Gasteiger charge is 2.27. The number of hydrogen-bond donors (Lipinski definition) is 3. The minimum atomic E-state index is -4.63. The van der Waals surface area contributed by atoms with Gasteiger partial charge in [-0.05, 0) is 89.9 Å². The van der Waals surface area contributed by atoms with Gasteiger partial charge in [0.05, 0.1) is 19.8 Å². The van der Waals surface area contributed by atoms with Gasteiger partial charge in [0.2, 0.25) is 0 Å². The molecule has 0 radical (unpaired) electrons. The van der Waals surface area contributed by atoms with Crippen LogP contribution in [-0.4, -0.2) is 60.5 Å². The van der Waals surface area contributed by atoms with Gasteiger partial charge < -0.3 is 25.2 Å². The maximum Gasteiger partial charge on any atom is 0.472 e. The van der Waals surface area contributed by atoms with Crippen LogP contribution in [0.4, 0.5) is 0 Å². The number of allylic oxidation sites excluding steroid dienone is 16. The second-order valence-corrected chi connectivity index (χ2v) is 16.2. The minimum absolute atomic E-state index is 0.00882. The number of phosphoric acid groups is 1. The Morgan fingerprint density at radius 1 is 0.550 bits per heavy atom. The molecule has 0 fully saturated rings. The van der Waals surface area contributed by atoms with Crippen molar-refractivity contribution in [3.8, 4) is 0 Å². The molecule has 0 bridgehead atoms. The predicted octanol–water partition coefficient (Wildman–Crippen LogP) is 12.9. The van der Waals surface area contributed by atoms with E-state index < -0.39 is 45.1 Å². The average Bonchev–Trinajstić information content (AvgIpc) is 3.23. The van der Waals surface area contributed by atoms with E-state index in [-0.39, 0.29) is 13.0 Å². The number of carboxylic acids is 1. The van der Waals surface area contributed by atoms with Gasteiger partial charge in [-0.1, -0.05) is 162 Å². The smallest absolute Gasteiger partial charge is 0.472 e. The molecule has 342 valence electrons. The molecule has 0 amide bonds. The number of carbonyl (C=O) groups excluding carboxylic acids is 1. The van der Waals surface area contributed by atoms with E-state index in [1.165, 1.54) is 12.8 Å². The Balaban J connectivity index is 4.28. The van der Waals surface area contributed by atoms with Crippen LogP contribution in [0, 0.1) is 0 Å². The molecule has 10 nitrogen and oxygen atoms in total. The first-order chi connectivity index (χ1) is 29.2. The van der Waals surface area contributed by atoms with Crippen LogP contribution >= 0.6 is 7.82 Å². The molecule has 11 heteroatoms. The van der Waals surface area contributed by atoms with Crippen LogP contribution in [0.1, 0.15) is 162 Å². The summed E-state index contributed by atoms with van der Waals surface area (Å²) < 4.78 is 33.3. The highest BCUT2D eigenvalue weighted by Crippen LogP contribution is 2.43. The summed E-state index contributed by atoms with van der Waals surface area (Å²) >= 11 is 0. The summed E-state index contributed by atoms with van der Waals surface area (Å²) in [7, 11) is -4.63. The Bertz CT molecular complexity index is 1320. The number of esters is 1. The van der Waals surface area contributed by atoms with Gasteiger partial charge >= 0.3 is 19.8 Å². The third-order valence-corrected chi connectivity index (χ3v) is 10.0. The molecule has 0 saturated carbocycles. The molecule has 0 saturated heterocycles. The average molecular weight is 860 g/mol. The minimum Gasteiger partial charge on any atom is -0.480 e. The van der Waals surface area contributed by atoms with Crippen LogP contribution in [0.5, 0.6) is 0 Å². The Labute approximate surface area is 364 Å². The van der Waals surface area contributed by atoms with Crippen LogP contribution < -0.4 is 5.73 Å². The van der Waals surface area contributed by atoms with E-state index in [1.807, 2.05) is 0 Å². The van der Waals surface area contributed by atoms with Gasteiger partial charge in [0.1, 0.15) is 12.1 Å². The van der Waals surface area contributed by atoms with E-state index in [1.54, 1.807) is 0 Å². The first kappa shape index (κ1) is 56.9. The van der Waals surface area contributed by atoms with Crippen LogP contribution in [0.3, 0.4) is 0 Å². The molecule has 0 rings (SSSR count). The standard InChI is InChI=1S/C49H82NO9P/c1-3-5-7-9-11-13-15-17-19-20-21-22-23-24-25-26-27-28-30-32-34-36-38-40-42-56-43-46(44-57-60(54,55)58-45-47(50)49(52)53)59-48(51)41-39-37-35-33-31-29-18-16-14-12-10-8-6-4-2/h5,7,10-13,16-19,21-22,24-25,27-28,46-47H,3-4,6,8-9,14-15,20,23,26,29-45,50H2,1-2H3,(H,52,53)(H,54,55)/b7-5-,12-10-,13-11-,18-16-,19-17-,22-21-,25-24-,28-27-. The number of aliphatic carboxylic acids is 1. The fraction of sp³-hybridized carbons (Fsp3) is 0.633. The summed E-state index contributed by atoms with van der Waals surface area (Å²) in [6.07, 6.45) is 57.4. The van der Waals surface area contributed by atoms with Crippen LogP contribution in [0.25, 0.3) is 0 Å². The van der Waals surface area contributed by atoms with Crippen molar-refractivity contribution in [2.24, 2.45) is 5.73 Å². The first-order valence-electron chi connectivity index (χ1n) is 22.8. The SMILES string of the molecule is CC/C=C\C/C=C\C/C=C\C/C=C\C/C=C\C/C=C\CCCCCCCOCC(COP(=O)(O)OCC(N)C(=O)O)OC(=O)CCCCCCC/C=C\C/C=C\CCCC. The molecule has 0 heterocycles. The summed E-state index contributed by atoms with van der Waals surface area (Å²) in [5.74, 6) is -1.81. The molecule has 0 aromatic heterocycles. The Morgan fingerprint density at radius 3 is 1.45 bits per heavy atom. The van der Waals surface area contributed by atoms with Crippen molar-refractivity contribution in [1.82, 2.24) is 0 Å². The first-order valence-corrected chi connectivity index (χ1v) is 24.3. The topological polar surface area (TPSA) is 155 Å². The highest BCUT2D eigenvalue weighted by molar-refractivity contribution is 7.47. The van der Waals surface area contributed by atoms with Gasteiger partial charge in [-0.25, -0.2) is 4.57 Å². The van der Waals surface area contributed by atoms with Crippen molar-refractivity contribution in [2.75, 3.05) is 26.4 Å². The van der Waals surface area contributed by atoms with Gasteiger partial charge in [-0.3, -0.25) is 18.6 Å². The van der Waals surface area contributed by atoms with Crippen LogP contribution in [0.15, 0.2) is 97.2 Å². The molecule has 3 atom stereocenters. The summed E-state index contributed by atoms with van der Waals surface area (Å²) in [6.45, 7) is 3.64. The number of rotatable bonds is 42. The van der Waals surface area contributed by atoms with Crippen LogP contribution in [-0.2, 0) is 32.7 Å². The Hall–Kier alpha value is -3.11. The molecular formula is C49H82NO9P. The van der Waals surface area contributed by atoms with Crippen molar-refractivity contribution in [3.63, 3.8) is 0 Å². The summed E-state index contributed by atoms with van der Waals surface area (Å²) in [6, 6.07) is -1.48. The lowest BCUT2D eigenvalue weighted by Crippen LogP contribution is -2.34. The molecule has 0 aliphatic rings. The molecule has 0 spiro atoms. The van der Waals surface area contributed by atoms with E-state index >= 15 is 0 Å². The van der Waals surface area contributed by atoms with Gasteiger partial charge in [0.15, 0.2) is 0 Å². The molecular weight excluding hydrogens is 778 g/mol. The number of unbranched alkanes of at least 4 members (excludes halogenated alkanes) is 12. The normalized spacial score (nSPS) is 14.7. The quantitative estimate of drug-likeness (QED) is 0.0234. The van der Waals surface area contributed by atoms with Crippen LogP contribution in [0.2, 0.25) is 0 Å². The second-order valence-electron chi connectivity index (χ2n) is 14.8. The van der Waals surface area contributed by atoms with Crippen molar-refractivity contribution in [3.05, 3.63) is 97.2 Å². The number of carbonyl (C=O) groups is 2.